The van der Waals surface area contributed by atoms with Crippen molar-refractivity contribution in [2.75, 3.05) is 23.9 Å². The summed E-state index contributed by atoms with van der Waals surface area (Å²) in [4.78, 5) is 26.6. The fourth-order valence-corrected chi connectivity index (χ4v) is 5.38. The molecule has 1 saturated carbocycles. The zero-order chi connectivity index (χ0) is 29.5. The van der Waals surface area contributed by atoms with Gasteiger partial charge in [-0.05, 0) is 61.1 Å². The number of carbonyl (C=O) groups is 2. The van der Waals surface area contributed by atoms with Gasteiger partial charge in [0.25, 0.3) is 5.91 Å². The Morgan fingerprint density at radius 3 is 2.39 bits per heavy atom. The first kappa shape index (κ1) is 28.6. The van der Waals surface area contributed by atoms with Crippen molar-refractivity contribution in [3.8, 4) is 11.5 Å². The molecule has 5 rings (SSSR count). The van der Waals surface area contributed by atoms with Crippen LogP contribution in [0.25, 0.3) is 0 Å². The number of methoxy groups -OCH3 is 1. The molecule has 0 spiro atoms. The lowest BCUT2D eigenvalue weighted by Crippen LogP contribution is -2.38. The summed E-state index contributed by atoms with van der Waals surface area (Å²) in [5, 5.41) is 12.8. The fraction of sp³-hybridized carbons (Fsp3) is 0.333. The summed E-state index contributed by atoms with van der Waals surface area (Å²) in [5.74, 6) is -0.863. The number of ether oxygens (including phenoxy) is 2. The number of alkyl halides is 3. The molecular formula is C30H28ClF3N2O5. The Balaban J connectivity index is 1.46. The molecule has 0 radical (unpaired) electrons. The van der Waals surface area contributed by atoms with Crippen molar-refractivity contribution in [1.29, 1.82) is 0 Å². The van der Waals surface area contributed by atoms with Crippen LogP contribution < -0.4 is 19.7 Å². The molecule has 2 aliphatic rings. The minimum absolute atomic E-state index is 0.114. The number of benzene rings is 3. The van der Waals surface area contributed by atoms with E-state index in [1.54, 1.807) is 42.5 Å². The summed E-state index contributed by atoms with van der Waals surface area (Å²) < 4.78 is 52.5. The first-order valence-electron chi connectivity index (χ1n) is 13.1. The van der Waals surface area contributed by atoms with E-state index in [0.29, 0.717) is 52.6 Å². The third-order valence-electron chi connectivity index (χ3n) is 7.52. The molecule has 1 aliphatic heterocycles. The smallest absolute Gasteiger partial charge is 0.416 e. The molecule has 41 heavy (non-hydrogen) atoms. The molecule has 7 nitrogen and oxygen atoms in total. The molecule has 1 fully saturated rings. The van der Waals surface area contributed by atoms with Crippen molar-refractivity contribution in [2.45, 2.75) is 44.5 Å². The summed E-state index contributed by atoms with van der Waals surface area (Å²) >= 11 is 6.09. The molecule has 2 N–H and O–H groups in total. The second-order valence-corrected chi connectivity index (χ2v) is 10.7. The number of nitrogens with zero attached hydrogens (tertiary/aromatic N) is 1. The average molecular weight is 589 g/mol. The SMILES string of the molecule is COc1cc(NC(C(=O)N2CCc3cc(C)c(C(F)(F)F)cc32)c2ccc(Cl)cc2)cc(OC2CC(C(=O)O)C2)c1. The van der Waals surface area contributed by atoms with Crippen molar-refractivity contribution >= 4 is 34.9 Å². The van der Waals surface area contributed by atoms with Crippen LogP contribution in [0.2, 0.25) is 5.02 Å². The van der Waals surface area contributed by atoms with Gasteiger partial charge in [0.1, 0.15) is 23.6 Å². The highest BCUT2D eigenvalue weighted by Crippen LogP contribution is 2.40. The normalized spacial score (nSPS) is 18.7. The molecule has 1 heterocycles. The maximum absolute atomic E-state index is 14.0. The number of carbonyl (C=O) groups excluding carboxylic acids is 1. The second-order valence-electron chi connectivity index (χ2n) is 10.3. The van der Waals surface area contributed by atoms with Crippen LogP contribution in [0.1, 0.15) is 41.1 Å². The number of aryl methyl sites for hydroxylation is 1. The summed E-state index contributed by atoms with van der Waals surface area (Å²) in [6.07, 6.45) is -3.61. The number of halogens is 4. The topological polar surface area (TPSA) is 88.1 Å². The highest BCUT2D eigenvalue weighted by atomic mass is 35.5. The van der Waals surface area contributed by atoms with Crippen LogP contribution in [-0.2, 0) is 22.2 Å². The Bertz CT molecular complexity index is 1470. The Hall–Kier alpha value is -3.92. The Morgan fingerprint density at radius 1 is 1.07 bits per heavy atom. The second kappa shape index (κ2) is 11.2. The number of hydrogen-bond donors (Lipinski definition) is 2. The molecule has 3 aromatic rings. The number of aliphatic carboxylic acids is 1. The van der Waals surface area contributed by atoms with Crippen molar-refractivity contribution in [3.63, 3.8) is 0 Å². The van der Waals surface area contributed by atoms with Gasteiger partial charge in [0.2, 0.25) is 0 Å². The highest BCUT2D eigenvalue weighted by molar-refractivity contribution is 6.30. The van der Waals surface area contributed by atoms with Crippen LogP contribution in [0.3, 0.4) is 0 Å². The molecule has 3 aromatic carbocycles. The zero-order valence-corrected chi connectivity index (χ0v) is 23.1. The van der Waals surface area contributed by atoms with Gasteiger partial charge in [-0.15, -0.1) is 0 Å². The van der Waals surface area contributed by atoms with E-state index >= 15 is 0 Å². The summed E-state index contributed by atoms with van der Waals surface area (Å²) in [5.41, 5.74) is 1.29. The molecule has 0 saturated heterocycles. The Labute approximate surface area is 239 Å². The number of hydrogen-bond acceptors (Lipinski definition) is 5. The number of amides is 1. The predicted molar refractivity (Wildman–Crippen MR) is 148 cm³/mol. The largest absolute Gasteiger partial charge is 0.497 e. The van der Waals surface area contributed by atoms with Crippen molar-refractivity contribution in [1.82, 2.24) is 0 Å². The number of anilines is 2. The number of rotatable bonds is 8. The van der Waals surface area contributed by atoms with Gasteiger partial charge in [-0.1, -0.05) is 29.8 Å². The van der Waals surface area contributed by atoms with Crippen LogP contribution in [0.4, 0.5) is 24.5 Å². The lowest BCUT2D eigenvalue weighted by atomic mass is 9.82. The number of carboxylic acids is 1. The third-order valence-corrected chi connectivity index (χ3v) is 7.77. The first-order chi connectivity index (χ1) is 19.4. The number of carboxylic acid groups (broad SMARTS) is 1. The third kappa shape index (κ3) is 6.07. The monoisotopic (exact) mass is 588 g/mol. The van der Waals surface area contributed by atoms with Crippen molar-refractivity contribution in [2.24, 2.45) is 5.92 Å². The molecule has 1 atom stereocenters. The molecule has 0 bridgehead atoms. The number of nitrogens with one attached hydrogen (secondary N) is 1. The molecule has 216 valence electrons. The van der Waals surface area contributed by atoms with Crippen LogP contribution in [0.15, 0.2) is 54.6 Å². The van der Waals surface area contributed by atoms with Gasteiger partial charge >= 0.3 is 12.1 Å². The van der Waals surface area contributed by atoms with Gasteiger partial charge in [-0.3, -0.25) is 9.59 Å². The fourth-order valence-electron chi connectivity index (χ4n) is 5.26. The predicted octanol–water partition coefficient (Wildman–Crippen LogP) is 6.66. The standard InChI is InChI=1S/C30H28ClF3N2O5/c1-16-9-18-7-8-36(26(18)15-25(16)30(32,33)34)28(37)27(17-3-5-20(31)6-4-17)35-21-12-22(40-2)14-24(13-21)41-23-10-19(11-23)29(38)39/h3-6,9,12-15,19,23,27,35H,7-8,10-11H2,1-2H3,(H,38,39). The zero-order valence-electron chi connectivity index (χ0n) is 22.3. The maximum atomic E-state index is 14.0. The molecule has 11 heteroatoms. The van der Waals surface area contributed by atoms with Crippen molar-refractivity contribution < 1.29 is 37.3 Å². The van der Waals surface area contributed by atoms with Gasteiger partial charge < -0.3 is 24.8 Å². The van der Waals surface area contributed by atoms with Crippen LogP contribution >= 0.6 is 11.6 Å². The highest BCUT2D eigenvalue weighted by Gasteiger charge is 2.38. The van der Waals surface area contributed by atoms with Gasteiger partial charge in [-0.2, -0.15) is 13.2 Å². The van der Waals surface area contributed by atoms with Gasteiger partial charge in [0.15, 0.2) is 0 Å². The Kier molecular flexibility index (Phi) is 7.78. The van der Waals surface area contributed by atoms with Crippen molar-refractivity contribution in [3.05, 3.63) is 81.9 Å². The van der Waals surface area contributed by atoms with E-state index in [4.69, 9.17) is 26.2 Å². The molecule has 1 aliphatic carbocycles. The van der Waals surface area contributed by atoms with E-state index in [2.05, 4.69) is 5.32 Å². The molecular weight excluding hydrogens is 561 g/mol. The molecule has 0 aromatic heterocycles. The van der Waals surface area contributed by atoms with E-state index in [-0.39, 0.29) is 23.9 Å². The average Bonchev–Trinajstić information content (AvgIpc) is 3.30. The summed E-state index contributed by atoms with van der Waals surface area (Å²) in [7, 11) is 1.48. The minimum Gasteiger partial charge on any atom is -0.497 e. The van der Waals surface area contributed by atoms with Crippen LogP contribution in [-0.4, -0.2) is 36.7 Å². The van der Waals surface area contributed by atoms with Crippen LogP contribution in [0, 0.1) is 12.8 Å². The Morgan fingerprint density at radius 2 is 1.76 bits per heavy atom. The molecule has 1 amide bonds. The lowest BCUT2D eigenvalue weighted by molar-refractivity contribution is -0.148. The summed E-state index contributed by atoms with van der Waals surface area (Å²) in [6, 6.07) is 13.2. The van der Waals surface area contributed by atoms with Gasteiger partial charge in [-0.25, -0.2) is 0 Å². The van der Waals surface area contributed by atoms with Crippen LogP contribution in [0.5, 0.6) is 11.5 Å². The number of fused-ring (bicyclic) bond motifs is 1. The maximum Gasteiger partial charge on any atom is 0.416 e. The lowest BCUT2D eigenvalue weighted by Gasteiger charge is -2.32. The van der Waals surface area contributed by atoms with E-state index < -0.39 is 35.6 Å². The van der Waals surface area contributed by atoms with E-state index in [1.807, 2.05) is 0 Å². The summed E-state index contributed by atoms with van der Waals surface area (Å²) in [6.45, 7) is 1.65. The molecule has 1 unspecified atom stereocenters. The van der Waals surface area contributed by atoms with Gasteiger partial charge in [0, 0.05) is 41.1 Å². The van der Waals surface area contributed by atoms with E-state index in [9.17, 15) is 22.8 Å². The van der Waals surface area contributed by atoms with Gasteiger partial charge in [0.05, 0.1) is 18.6 Å². The van der Waals surface area contributed by atoms with E-state index in [1.165, 1.54) is 25.0 Å². The minimum atomic E-state index is -4.55. The van der Waals surface area contributed by atoms with E-state index in [0.717, 1.165) is 6.07 Å². The first-order valence-corrected chi connectivity index (χ1v) is 13.4. The quantitative estimate of drug-likeness (QED) is 0.306.